The molecular weight excluding hydrogens is 368 g/mol. The van der Waals surface area contributed by atoms with Gasteiger partial charge in [-0.15, -0.1) is 0 Å². The summed E-state index contributed by atoms with van der Waals surface area (Å²) >= 11 is 0. The second kappa shape index (κ2) is 6.95. The van der Waals surface area contributed by atoms with Crippen LogP contribution in [0.25, 0.3) is 5.65 Å². The topological polar surface area (TPSA) is 83.7 Å². The van der Waals surface area contributed by atoms with E-state index in [4.69, 9.17) is 0 Å². The summed E-state index contributed by atoms with van der Waals surface area (Å²) in [6.07, 6.45) is 8.25. The molecule has 2 fully saturated rings. The van der Waals surface area contributed by atoms with Crippen molar-refractivity contribution in [3.8, 4) is 0 Å². The number of amides is 2. The summed E-state index contributed by atoms with van der Waals surface area (Å²) < 4.78 is 1.59. The molecule has 148 valence electrons. The molecule has 5 rings (SSSR count). The number of pyridine rings is 1. The summed E-state index contributed by atoms with van der Waals surface area (Å²) in [7, 11) is 0. The highest BCUT2D eigenvalue weighted by Gasteiger charge is 2.53. The normalized spacial score (nSPS) is 22.0. The predicted octanol–water partition coefficient (Wildman–Crippen LogP) is 1.92. The third kappa shape index (κ3) is 2.95. The average molecular weight is 390 g/mol. The first-order chi connectivity index (χ1) is 14.2. The van der Waals surface area contributed by atoms with Crippen molar-refractivity contribution in [1.82, 2.24) is 29.4 Å². The van der Waals surface area contributed by atoms with Crippen molar-refractivity contribution in [1.29, 1.82) is 0 Å². The van der Waals surface area contributed by atoms with Gasteiger partial charge in [0.2, 0.25) is 5.91 Å². The van der Waals surface area contributed by atoms with Gasteiger partial charge in [0.05, 0.1) is 12.2 Å². The Hall–Kier alpha value is -3.29. The van der Waals surface area contributed by atoms with Crippen molar-refractivity contribution in [2.24, 2.45) is 0 Å². The van der Waals surface area contributed by atoms with Crippen LogP contribution in [0.4, 0.5) is 0 Å². The van der Waals surface area contributed by atoms with Gasteiger partial charge in [-0.05, 0) is 43.9 Å². The van der Waals surface area contributed by atoms with Crippen molar-refractivity contribution >= 4 is 17.5 Å². The maximum atomic E-state index is 13.5. The lowest BCUT2D eigenvalue weighted by Crippen LogP contribution is -2.61. The van der Waals surface area contributed by atoms with Gasteiger partial charge in [-0.25, -0.2) is 9.50 Å². The monoisotopic (exact) mass is 390 g/mol. The zero-order chi connectivity index (χ0) is 19.8. The molecule has 0 aromatic carbocycles. The first-order valence-electron chi connectivity index (χ1n) is 9.99. The van der Waals surface area contributed by atoms with E-state index in [-0.39, 0.29) is 11.8 Å². The Kier molecular flexibility index (Phi) is 4.26. The number of likely N-dealkylation sites (tertiary alicyclic amines) is 2. The van der Waals surface area contributed by atoms with Gasteiger partial charge in [0.1, 0.15) is 5.54 Å². The number of nitrogens with zero attached hydrogens (tertiary/aromatic N) is 6. The van der Waals surface area contributed by atoms with Crippen molar-refractivity contribution in [3.63, 3.8) is 0 Å². The number of rotatable bonds is 3. The van der Waals surface area contributed by atoms with Crippen LogP contribution < -0.4 is 0 Å². The molecule has 8 heteroatoms. The molecule has 29 heavy (non-hydrogen) atoms. The lowest BCUT2D eigenvalue weighted by atomic mass is 9.85. The summed E-state index contributed by atoms with van der Waals surface area (Å²) in [5, 5.41) is 4.38. The molecule has 0 saturated carbocycles. The first-order valence-corrected chi connectivity index (χ1v) is 9.99. The molecule has 0 aliphatic carbocycles. The highest BCUT2D eigenvalue weighted by atomic mass is 16.2. The maximum absolute atomic E-state index is 13.5. The Morgan fingerprint density at radius 1 is 1.07 bits per heavy atom. The summed E-state index contributed by atoms with van der Waals surface area (Å²) in [6, 6.07) is 9.17. The number of carbonyl (C=O) groups excluding carboxylic acids is 2. The van der Waals surface area contributed by atoms with Crippen LogP contribution in [0.5, 0.6) is 0 Å². The van der Waals surface area contributed by atoms with Crippen LogP contribution in [0.3, 0.4) is 0 Å². The molecule has 2 aliphatic rings. The van der Waals surface area contributed by atoms with E-state index in [2.05, 4.69) is 15.1 Å². The molecule has 0 radical (unpaired) electrons. The van der Waals surface area contributed by atoms with Gasteiger partial charge in [0, 0.05) is 37.7 Å². The van der Waals surface area contributed by atoms with Crippen LogP contribution in [0, 0.1) is 0 Å². The van der Waals surface area contributed by atoms with E-state index in [1.165, 1.54) is 0 Å². The number of hydrogen-bond donors (Lipinski definition) is 0. The van der Waals surface area contributed by atoms with Gasteiger partial charge < -0.3 is 9.80 Å². The minimum Gasteiger partial charge on any atom is -0.335 e. The second-order valence-electron chi connectivity index (χ2n) is 7.70. The van der Waals surface area contributed by atoms with Crippen molar-refractivity contribution in [3.05, 3.63) is 60.3 Å². The van der Waals surface area contributed by atoms with Crippen LogP contribution in [-0.4, -0.2) is 59.8 Å². The smallest absolute Gasteiger partial charge is 0.275 e. The molecule has 1 atom stereocenters. The van der Waals surface area contributed by atoms with Gasteiger partial charge in [-0.1, -0.05) is 6.07 Å². The molecule has 1 spiro atoms. The average Bonchev–Trinajstić information content (AvgIpc) is 3.37. The van der Waals surface area contributed by atoms with Gasteiger partial charge in [-0.2, -0.15) is 5.10 Å². The Morgan fingerprint density at radius 2 is 1.90 bits per heavy atom. The Bertz CT molecular complexity index is 1030. The largest absolute Gasteiger partial charge is 0.335 e. The third-order valence-corrected chi connectivity index (χ3v) is 5.97. The predicted molar refractivity (Wildman–Crippen MR) is 105 cm³/mol. The number of hydrogen-bond acceptors (Lipinski definition) is 5. The molecule has 3 aromatic heterocycles. The quantitative estimate of drug-likeness (QED) is 0.682. The summed E-state index contributed by atoms with van der Waals surface area (Å²) in [5.41, 5.74) is 1.04. The molecule has 2 saturated heterocycles. The van der Waals surface area contributed by atoms with Crippen molar-refractivity contribution in [2.45, 2.75) is 37.8 Å². The van der Waals surface area contributed by atoms with E-state index in [1.54, 1.807) is 40.1 Å². The maximum Gasteiger partial charge on any atom is 0.275 e. The molecule has 8 nitrogen and oxygen atoms in total. The zero-order valence-corrected chi connectivity index (χ0v) is 16.1. The summed E-state index contributed by atoms with van der Waals surface area (Å²) in [6.45, 7) is 1.74. The SMILES string of the molecule is O=C(c1cc2ncccn2n1)N1CCCC12CCCN(Cc1ccccn1)C2=O. The van der Waals surface area contributed by atoms with E-state index in [0.717, 1.165) is 18.5 Å². The Morgan fingerprint density at radius 3 is 2.69 bits per heavy atom. The number of fused-ring (bicyclic) bond motifs is 1. The summed E-state index contributed by atoms with van der Waals surface area (Å²) in [4.78, 5) is 39.1. The van der Waals surface area contributed by atoms with E-state index < -0.39 is 5.54 Å². The third-order valence-electron chi connectivity index (χ3n) is 5.97. The fourth-order valence-electron chi connectivity index (χ4n) is 4.63. The molecule has 0 bridgehead atoms. The molecule has 2 aliphatic heterocycles. The number of piperidine rings is 1. The lowest BCUT2D eigenvalue weighted by molar-refractivity contribution is -0.146. The van der Waals surface area contributed by atoms with Crippen LogP contribution in [0.2, 0.25) is 0 Å². The summed E-state index contributed by atoms with van der Waals surface area (Å²) in [5.74, 6) is -0.164. The Balaban J connectivity index is 1.43. The lowest BCUT2D eigenvalue weighted by Gasteiger charge is -2.44. The molecule has 2 amide bonds. The highest BCUT2D eigenvalue weighted by Crippen LogP contribution is 2.39. The fourth-order valence-corrected chi connectivity index (χ4v) is 4.63. The van der Waals surface area contributed by atoms with Crippen LogP contribution >= 0.6 is 0 Å². The second-order valence-corrected chi connectivity index (χ2v) is 7.70. The highest BCUT2D eigenvalue weighted by molar-refractivity contribution is 5.99. The van der Waals surface area contributed by atoms with Crippen LogP contribution in [-0.2, 0) is 11.3 Å². The fraction of sp³-hybridized carbons (Fsp3) is 0.381. The van der Waals surface area contributed by atoms with Gasteiger partial charge >= 0.3 is 0 Å². The molecule has 3 aromatic rings. The van der Waals surface area contributed by atoms with Gasteiger partial charge in [0.25, 0.3) is 5.91 Å². The minimum atomic E-state index is -0.770. The standard InChI is InChI=1S/C21H22N6O2/c28-19(17-14-18-23-10-5-13-27(18)24-17)26-12-4-8-21(26)7-3-11-25(20(21)29)15-16-6-1-2-9-22-16/h1-2,5-6,9-10,13-14H,3-4,7-8,11-12,15H2. The molecule has 1 unspecified atom stereocenters. The molecular formula is C21H22N6O2. The van der Waals surface area contributed by atoms with Crippen molar-refractivity contribution in [2.75, 3.05) is 13.1 Å². The van der Waals surface area contributed by atoms with Gasteiger partial charge in [-0.3, -0.25) is 14.6 Å². The van der Waals surface area contributed by atoms with Crippen LogP contribution in [0.15, 0.2) is 48.9 Å². The zero-order valence-electron chi connectivity index (χ0n) is 16.1. The van der Waals surface area contributed by atoms with Crippen molar-refractivity contribution < 1.29 is 9.59 Å². The van der Waals surface area contributed by atoms with E-state index in [0.29, 0.717) is 43.8 Å². The molecule has 5 heterocycles. The Labute approximate surface area is 168 Å². The van der Waals surface area contributed by atoms with Gasteiger partial charge in [0.15, 0.2) is 11.3 Å². The first kappa shape index (κ1) is 17.8. The van der Waals surface area contributed by atoms with Crippen LogP contribution in [0.1, 0.15) is 41.9 Å². The minimum absolute atomic E-state index is 0.0298. The van der Waals surface area contributed by atoms with E-state index >= 15 is 0 Å². The number of carbonyl (C=O) groups is 2. The van der Waals surface area contributed by atoms with E-state index in [9.17, 15) is 9.59 Å². The molecule has 0 N–H and O–H groups in total. The number of aromatic nitrogens is 4. The van der Waals surface area contributed by atoms with E-state index in [1.807, 2.05) is 23.1 Å².